The van der Waals surface area contributed by atoms with E-state index in [1.807, 2.05) is 54.6 Å². The highest BCUT2D eigenvalue weighted by Gasteiger charge is 2.02. The van der Waals surface area contributed by atoms with Gasteiger partial charge >= 0.3 is 5.97 Å². The van der Waals surface area contributed by atoms with E-state index in [0.29, 0.717) is 0 Å². The molecule has 0 amide bonds. The highest BCUT2D eigenvalue weighted by molar-refractivity contribution is 5.90. The minimum absolute atomic E-state index is 0.440. The molecule has 4 nitrogen and oxygen atoms in total. The lowest BCUT2D eigenvalue weighted by atomic mass is 10.0. The molecule has 2 aromatic carbocycles. The van der Waals surface area contributed by atoms with Crippen LogP contribution in [0.1, 0.15) is 5.56 Å². The van der Waals surface area contributed by atoms with E-state index in [2.05, 4.69) is 9.99 Å². The fourth-order valence-corrected chi connectivity index (χ4v) is 1.68. The SMILES string of the molecule is O=C(O)CON=Cc1ccccc1-c1ccccc1. The third kappa shape index (κ3) is 3.67. The van der Waals surface area contributed by atoms with Crippen LogP contribution >= 0.6 is 0 Å². The van der Waals surface area contributed by atoms with Gasteiger partial charge in [0.05, 0.1) is 6.21 Å². The lowest BCUT2D eigenvalue weighted by Crippen LogP contribution is -2.03. The van der Waals surface area contributed by atoms with Crippen molar-refractivity contribution < 1.29 is 14.7 Å². The van der Waals surface area contributed by atoms with Gasteiger partial charge in [-0.15, -0.1) is 0 Å². The molecule has 0 heterocycles. The maximum Gasteiger partial charge on any atom is 0.344 e. The van der Waals surface area contributed by atoms with Gasteiger partial charge in [-0.3, -0.25) is 0 Å². The standard InChI is InChI=1S/C15H13NO3/c17-15(18)11-19-16-10-13-8-4-5-9-14(13)12-6-2-1-3-7-12/h1-10H,11H2,(H,17,18). The molecule has 2 rings (SSSR count). The van der Waals surface area contributed by atoms with Crippen molar-refractivity contribution in [3.63, 3.8) is 0 Å². The van der Waals surface area contributed by atoms with Gasteiger partial charge < -0.3 is 9.94 Å². The Morgan fingerprint density at radius 1 is 1.11 bits per heavy atom. The number of benzene rings is 2. The summed E-state index contributed by atoms with van der Waals surface area (Å²) in [5.74, 6) is -1.05. The molecular weight excluding hydrogens is 242 g/mol. The number of nitrogens with zero attached hydrogens (tertiary/aromatic N) is 1. The normalized spacial score (nSPS) is 10.5. The fourth-order valence-electron chi connectivity index (χ4n) is 1.68. The summed E-state index contributed by atoms with van der Waals surface area (Å²) < 4.78 is 0. The average molecular weight is 255 g/mol. The van der Waals surface area contributed by atoms with Crippen molar-refractivity contribution in [2.75, 3.05) is 6.61 Å². The molecule has 4 heteroatoms. The van der Waals surface area contributed by atoms with Gasteiger partial charge in [0.2, 0.25) is 6.61 Å². The maximum absolute atomic E-state index is 10.3. The Kier molecular flexibility index (Phi) is 4.29. The highest BCUT2D eigenvalue weighted by Crippen LogP contribution is 2.21. The number of carboxylic acids is 1. The summed E-state index contributed by atoms with van der Waals surface area (Å²) >= 11 is 0. The zero-order valence-electron chi connectivity index (χ0n) is 10.2. The Morgan fingerprint density at radius 2 is 1.79 bits per heavy atom. The molecular formula is C15H13NO3. The van der Waals surface area contributed by atoms with Crippen molar-refractivity contribution in [2.45, 2.75) is 0 Å². The molecule has 0 aliphatic rings. The lowest BCUT2D eigenvalue weighted by Gasteiger charge is -2.05. The van der Waals surface area contributed by atoms with E-state index in [1.54, 1.807) is 0 Å². The maximum atomic E-state index is 10.3. The molecule has 2 aromatic rings. The molecule has 0 spiro atoms. The van der Waals surface area contributed by atoms with Crippen LogP contribution < -0.4 is 0 Å². The predicted molar refractivity (Wildman–Crippen MR) is 73.1 cm³/mol. The molecule has 96 valence electrons. The summed E-state index contributed by atoms with van der Waals surface area (Å²) in [4.78, 5) is 15.0. The second-order valence-corrected chi connectivity index (χ2v) is 3.85. The van der Waals surface area contributed by atoms with Crippen LogP contribution in [0.2, 0.25) is 0 Å². The highest BCUT2D eigenvalue weighted by atomic mass is 16.6. The first-order valence-electron chi connectivity index (χ1n) is 5.79. The predicted octanol–water partition coefficient (Wildman–Crippen LogP) is 2.79. The van der Waals surface area contributed by atoms with Crippen LogP contribution in [0.5, 0.6) is 0 Å². The van der Waals surface area contributed by atoms with E-state index in [1.165, 1.54) is 6.21 Å². The van der Waals surface area contributed by atoms with Crippen LogP contribution in [0.3, 0.4) is 0 Å². The number of hydrogen-bond acceptors (Lipinski definition) is 3. The summed E-state index contributed by atoms with van der Waals surface area (Å²) in [6, 6.07) is 17.6. The molecule has 0 fully saturated rings. The van der Waals surface area contributed by atoms with Crippen molar-refractivity contribution in [1.82, 2.24) is 0 Å². The van der Waals surface area contributed by atoms with E-state index >= 15 is 0 Å². The summed E-state index contributed by atoms with van der Waals surface area (Å²) in [6.45, 7) is -0.440. The van der Waals surface area contributed by atoms with Gasteiger partial charge in [0.1, 0.15) is 0 Å². The van der Waals surface area contributed by atoms with Gasteiger partial charge in [0.25, 0.3) is 0 Å². The average Bonchev–Trinajstić information content (AvgIpc) is 2.45. The van der Waals surface area contributed by atoms with Gasteiger partial charge in [-0.2, -0.15) is 0 Å². The number of rotatable bonds is 5. The number of hydrogen-bond donors (Lipinski definition) is 1. The van der Waals surface area contributed by atoms with Crippen LogP contribution in [0.25, 0.3) is 11.1 Å². The van der Waals surface area contributed by atoms with Gasteiger partial charge in [0.15, 0.2) is 0 Å². The summed E-state index contributed by atoms with van der Waals surface area (Å²) in [6.07, 6.45) is 1.52. The van der Waals surface area contributed by atoms with Crippen molar-refractivity contribution in [3.05, 3.63) is 60.2 Å². The first-order chi connectivity index (χ1) is 9.27. The quantitative estimate of drug-likeness (QED) is 0.660. The van der Waals surface area contributed by atoms with Crippen molar-refractivity contribution in [1.29, 1.82) is 0 Å². The van der Waals surface area contributed by atoms with Gasteiger partial charge in [0, 0.05) is 5.56 Å². The molecule has 1 N–H and O–H groups in total. The van der Waals surface area contributed by atoms with Crippen molar-refractivity contribution in [3.8, 4) is 11.1 Å². The second kappa shape index (κ2) is 6.35. The fraction of sp³-hybridized carbons (Fsp3) is 0.0667. The van der Waals surface area contributed by atoms with E-state index < -0.39 is 12.6 Å². The van der Waals surface area contributed by atoms with Crippen molar-refractivity contribution >= 4 is 12.2 Å². The molecule has 0 unspecified atom stereocenters. The molecule has 0 aromatic heterocycles. The zero-order chi connectivity index (χ0) is 13.5. The zero-order valence-corrected chi connectivity index (χ0v) is 10.2. The molecule has 0 aliphatic heterocycles. The third-order valence-corrected chi connectivity index (χ3v) is 2.50. The number of carbonyl (C=O) groups is 1. The topological polar surface area (TPSA) is 58.9 Å². The number of oxime groups is 1. The Morgan fingerprint density at radius 3 is 2.53 bits per heavy atom. The second-order valence-electron chi connectivity index (χ2n) is 3.85. The minimum atomic E-state index is -1.05. The molecule has 0 saturated carbocycles. The first-order valence-corrected chi connectivity index (χ1v) is 5.79. The Hall–Kier alpha value is -2.62. The van der Waals surface area contributed by atoms with Gasteiger partial charge in [-0.05, 0) is 11.1 Å². The Balaban J connectivity index is 2.20. The van der Waals surface area contributed by atoms with Crippen LogP contribution in [0, 0.1) is 0 Å². The van der Waals surface area contributed by atoms with E-state index in [0.717, 1.165) is 16.7 Å². The summed E-state index contributed by atoms with van der Waals surface area (Å²) in [5.41, 5.74) is 2.97. The van der Waals surface area contributed by atoms with E-state index in [9.17, 15) is 4.79 Å². The lowest BCUT2D eigenvalue weighted by molar-refractivity contribution is -0.142. The van der Waals surface area contributed by atoms with E-state index in [-0.39, 0.29) is 0 Å². The first kappa shape index (κ1) is 12.8. The monoisotopic (exact) mass is 255 g/mol. The largest absolute Gasteiger partial charge is 0.479 e. The molecule has 0 aliphatic carbocycles. The number of carboxylic acid groups (broad SMARTS) is 1. The van der Waals surface area contributed by atoms with Gasteiger partial charge in [-0.25, -0.2) is 4.79 Å². The molecule has 0 radical (unpaired) electrons. The third-order valence-electron chi connectivity index (χ3n) is 2.50. The van der Waals surface area contributed by atoms with Crippen LogP contribution in [0.15, 0.2) is 59.8 Å². The van der Waals surface area contributed by atoms with Crippen LogP contribution in [-0.4, -0.2) is 23.9 Å². The smallest absolute Gasteiger partial charge is 0.344 e. The Bertz CT molecular complexity index is 579. The van der Waals surface area contributed by atoms with Gasteiger partial charge in [-0.1, -0.05) is 59.8 Å². The molecule has 0 bridgehead atoms. The van der Waals surface area contributed by atoms with E-state index in [4.69, 9.17) is 5.11 Å². The van der Waals surface area contributed by atoms with Crippen molar-refractivity contribution in [2.24, 2.45) is 5.16 Å². The van der Waals surface area contributed by atoms with Crippen LogP contribution in [-0.2, 0) is 9.63 Å². The summed E-state index contributed by atoms with van der Waals surface area (Å²) in [5, 5.41) is 12.1. The number of aliphatic carboxylic acids is 1. The Labute approximate surface area is 111 Å². The molecule has 19 heavy (non-hydrogen) atoms. The minimum Gasteiger partial charge on any atom is -0.479 e. The molecule has 0 atom stereocenters. The van der Waals surface area contributed by atoms with Crippen LogP contribution in [0.4, 0.5) is 0 Å². The molecule has 0 saturated heterocycles. The summed E-state index contributed by atoms with van der Waals surface area (Å²) in [7, 11) is 0.